The zero-order chi connectivity index (χ0) is 15.5. The highest BCUT2D eigenvalue weighted by molar-refractivity contribution is 5.74. The van der Waals surface area contributed by atoms with E-state index in [0.717, 1.165) is 32.5 Å². The summed E-state index contributed by atoms with van der Waals surface area (Å²) in [6, 6.07) is 10.6. The average Bonchev–Trinajstić information content (AvgIpc) is 3.33. The van der Waals surface area contributed by atoms with Gasteiger partial charge in [-0.05, 0) is 49.5 Å². The number of carbonyl (C=O) groups is 1. The standard InChI is InChI=1S/C18H26N2O2/c1-13(21)14-7-9-20(10-8-14)18(22)19-12-16-11-17(16)15-5-3-2-4-6-15/h2-6,13-14,16-17,21H,7-12H2,1H3,(H,19,22). The molecule has 1 aliphatic heterocycles. The number of carbonyl (C=O) groups excluding carboxylic acids is 1. The van der Waals surface area contributed by atoms with Crippen LogP contribution in [0, 0.1) is 11.8 Å². The molecular weight excluding hydrogens is 276 g/mol. The van der Waals surface area contributed by atoms with E-state index < -0.39 is 0 Å². The molecule has 1 aromatic carbocycles. The van der Waals surface area contributed by atoms with E-state index in [1.54, 1.807) is 0 Å². The number of aliphatic hydroxyl groups excluding tert-OH is 1. The van der Waals surface area contributed by atoms with Gasteiger partial charge in [-0.25, -0.2) is 4.79 Å². The number of hydrogen-bond acceptors (Lipinski definition) is 2. The van der Waals surface area contributed by atoms with Crippen LogP contribution in [0.5, 0.6) is 0 Å². The van der Waals surface area contributed by atoms with E-state index in [1.165, 1.54) is 12.0 Å². The van der Waals surface area contributed by atoms with Crippen LogP contribution in [0.2, 0.25) is 0 Å². The number of rotatable bonds is 4. The predicted molar refractivity (Wildman–Crippen MR) is 86.7 cm³/mol. The summed E-state index contributed by atoms with van der Waals surface area (Å²) in [5.41, 5.74) is 1.39. The van der Waals surface area contributed by atoms with E-state index in [1.807, 2.05) is 17.9 Å². The van der Waals surface area contributed by atoms with E-state index >= 15 is 0 Å². The largest absolute Gasteiger partial charge is 0.393 e. The van der Waals surface area contributed by atoms with E-state index in [4.69, 9.17) is 0 Å². The average molecular weight is 302 g/mol. The van der Waals surface area contributed by atoms with Crippen LogP contribution in [0.1, 0.15) is 37.7 Å². The van der Waals surface area contributed by atoms with Crippen molar-refractivity contribution < 1.29 is 9.90 Å². The Balaban J connectivity index is 1.39. The van der Waals surface area contributed by atoms with E-state index in [0.29, 0.717) is 17.8 Å². The number of aliphatic hydroxyl groups is 1. The molecule has 1 heterocycles. The number of nitrogens with zero attached hydrogens (tertiary/aromatic N) is 1. The van der Waals surface area contributed by atoms with Crippen molar-refractivity contribution in [2.24, 2.45) is 11.8 Å². The van der Waals surface area contributed by atoms with Gasteiger partial charge in [0.2, 0.25) is 0 Å². The number of hydrogen-bond donors (Lipinski definition) is 2. The van der Waals surface area contributed by atoms with Gasteiger partial charge in [0.1, 0.15) is 0 Å². The molecule has 22 heavy (non-hydrogen) atoms. The third-order valence-electron chi connectivity index (χ3n) is 5.17. The first-order valence-electron chi connectivity index (χ1n) is 8.41. The molecular formula is C18H26N2O2. The minimum absolute atomic E-state index is 0.0581. The lowest BCUT2D eigenvalue weighted by atomic mass is 9.92. The van der Waals surface area contributed by atoms with Crippen molar-refractivity contribution in [1.29, 1.82) is 0 Å². The SMILES string of the molecule is CC(O)C1CCN(C(=O)NCC2CC2c2ccccc2)CC1. The van der Waals surface area contributed by atoms with Crippen LogP contribution in [0.3, 0.4) is 0 Å². The molecule has 1 saturated heterocycles. The van der Waals surface area contributed by atoms with Gasteiger partial charge in [-0.15, -0.1) is 0 Å². The van der Waals surface area contributed by atoms with Crippen LogP contribution in [-0.4, -0.2) is 41.8 Å². The van der Waals surface area contributed by atoms with Gasteiger partial charge in [0.15, 0.2) is 0 Å². The molecule has 0 bridgehead atoms. The normalized spacial score (nSPS) is 26.5. The maximum Gasteiger partial charge on any atom is 0.317 e. The third kappa shape index (κ3) is 3.61. The summed E-state index contributed by atoms with van der Waals surface area (Å²) in [5.74, 6) is 1.54. The molecule has 4 heteroatoms. The number of benzene rings is 1. The fourth-order valence-corrected chi connectivity index (χ4v) is 3.50. The first-order valence-corrected chi connectivity index (χ1v) is 8.41. The molecule has 2 N–H and O–H groups in total. The van der Waals surface area contributed by atoms with Crippen LogP contribution in [-0.2, 0) is 0 Å². The van der Waals surface area contributed by atoms with Crippen molar-refractivity contribution in [3.05, 3.63) is 35.9 Å². The van der Waals surface area contributed by atoms with Gasteiger partial charge in [-0.2, -0.15) is 0 Å². The Morgan fingerprint density at radius 1 is 1.32 bits per heavy atom. The molecule has 2 fully saturated rings. The van der Waals surface area contributed by atoms with Crippen molar-refractivity contribution >= 4 is 6.03 Å². The van der Waals surface area contributed by atoms with E-state index in [-0.39, 0.29) is 12.1 Å². The maximum atomic E-state index is 12.2. The lowest BCUT2D eigenvalue weighted by molar-refractivity contribution is 0.0798. The Morgan fingerprint density at radius 3 is 2.64 bits per heavy atom. The Morgan fingerprint density at radius 2 is 2.00 bits per heavy atom. The van der Waals surface area contributed by atoms with Gasteiger partial charge in [0, 0.05) is 19.6 Å². The van der Waals surface area contributed by atoms with Gasteiger partial charge in [0.05, 0.1) is 6.10 Å². The molecule has 0 spiro atoms. The van der Waals surface area contributed by atoms with Gasteiger partial charge in [-0.3, -0.25) is 0 Å². The predicted octanol–water partition coefficient (Wildman–Crippen LogP) is 2.59. The van der Waals surface area contributed by atoms with Gasteiger partial charge in [-0.1, -0.05) is 30.3 Å². The quantitative estimate of drug-likeness (QED) is 0.898. The molecule has 4 nitrogen and oxygen atoms in total. The number of nitrogens with one attached hydrogen (secondary N) is 1. The third-order valence-corrected chi connectivity index (χ3v) is 5.17. The molecule has 1 aliphatic carbocycles. The summed E-state index contributed by atoms with van der Waals surface area (Å²) >= 11 is 0. The maximum absolute atomic E-state index is 12.2. The van der Waals surface area contributed by atoms with Gasteiger partial charge in [0.25, 0.3) is 0 Å². The molecule has 0 aromatic heterocycles. The van der Waals surface area contributed by atoms with Crippen LogP contribution in [0.25, 0.3) is 0 Å². The summed E-state index contributed by atoms with van der Waals surface area (Å²) in [6.07, 6.45) is 2.72. The molecule has 2 aliphatic rings. The van der Waals surface area contributed by atoms with Gasteiger partial charge < -0.3 is 15.3 Å². The van der Waals surface area contributed by atoms with Crippen molar-refractivity contribution in [3.8, 4) is 0 Å². The van der Waals surface area contributed by atoms with Gasteiger partial charge >= 0.3 is 6.03 Å². The zero-order valence-electron chi connectivity index (χ0n) is 13.2. The lowest BCUT2D eigenvalue weighted by Gasteiger charge is -2.33. The first kappa shape index (κ1) is 15.3. The minimum Gasteiger partial charge on any atom is -0.393 e. The molecule has 3 unspecified atom stereocenters. The summed E-state index contributed by atoms with van der Waals surface area (Å²) < 4.78 is 0. The molecule has 2 amide bonds. The summed E-state index contributed by atoms with van der Waals surface area (Å²) in [7, 11) is 0. The zero-order valence-corrected chi connectivity index (χ0v) is 13.2. The Bertz CT molecular complexity index is 495. The second-order valence-electron chi connectivity index (χ2n) is 6.76. The van der Waals surface area contributed by atoms with Crippen LogP contribution in [0.4, 0.5) is 4.79 Å². The highest BCUT2D eigenvalue weighted by Crippen LogP contribution is 2.46. The number of piperidine rings is 1. The smallest absolute Gasteiger partial charge is 0.317 e. The lowest BCUT2D eigenvalue weighted by Crippen LogP contribution is -2.46. The fourth-order valence-electron chi connectivity index (χ4n) is 3.50. The Labute approximate surface area is 132 Å². The number of urea groups is 1. The van der Waals surface area contributed by atoms with Crippen molar-refractivity contribution in [2.45, 2.75) is 38.2 Å². The topological polar surface area (TPSA) is 52.6 Å². The molecule has 120 valence electrons. The number of amides is 2. The van der Waals surface area contributed by atoms with Crippen LogP contribution < -0.4 is 5.32 Å². The second kappa shape index (κ2) is 6.69. The Hall–Kier alpha value is -1.55. The van der Waals surface area contributed by atoms with Crippen molar-refractivity contribution in [3.63, 3.8) is 0 Å². The molecule has 1 aromatic rings. The molecule has 3 atom stereocenters. The summed E-state index contributed by atoms with van der Waals surface area (Å²) in [4.78, 5) is 14.1. The highest BCUT2D eigenvalue weighted by atomic mass is 16.3. The summed E-state index contributed by atoms with van der Waals surface area (Å²) in [6.45, 7) is 4.13. The highest BCUT2D eigenvalue weighted by Gasteiger charge is 2.38. The monoisotopic (exact) mass is 302 g/mol. The van der Waals surface area contributed by atoms with E-state index in [2.05, 4.69) is 29.6 Å². The second-order valence-corrected chi connectivity index (χ2v) is 6.76. The van der Waals surface area contributed by atoms with Crippen LogP contribution >= 0.6 is 0 Å². The first-order chi connectivity index (χ1) is 10.6. The van der Waals surface area contributed by atoms with Crippen LogP contribution in [0.15, 0.2) is 30.3 Å². The van der Waals surface area contributed by atoms with Crippen molar-refractivity contribution in [1.82, 2.24) is 10.2 Å². The fraction of sp³-hybridized carbons (Fsp3) is 0.611. The molecule has 0 radical (unpaired) electrons. The van der Waals surface area contributed by atoms with E-state index in [9.17, 15) is 9.90 Å². The minimum atomic E-state index is -0.261. The van der Waals surface area contributed by atoms with Crippen molar-refractivity contribution in [2.75, 3.05) is 19.6 Å². The molecule has 1 saturated carbocycles. The molecule has 3 rings (SSSR count). The summed E-state index contributed by atoms with van der Waals surface area (Å²) in [5, 5.41) is 12.7. The Kier molecular flexibility index (Phi) is 4.67. The number of likely N-dealkylation sites (tertiary alicyclic amines) is 1.